The SMILES string of the molecule is CC(C)C(=O)N(Cc1ccccc1)[C@@H](C)C(=O)NCc1ccc2c(c1)OCO2. The molecule has 28 heavy (non-hydrogen) atoms. The predicted molar refractivity (Wildman–Crippen MR) is 106 cm³/mol. The Hall–Kier alpha value is -3.02. The summed E-state index contributed by atoms with van der Waals surface area (Å²) in [5.74, 6) is 0.963. The van der Waals surface area contributed by atoms with Crippen molar-refractivity contribution in [1.82, 2.24) is 10.2 Å². The zero-order valence-electron chi connectivity index (χ0n) is 16.5. The van der Waals surface area contributed by atoms with Crippen LogP contribution in [0.1, 0.15) is 31.9 Å². The summed E-state index contributed by atoms with van der Waals surface area (Å²) >= 11 is 0. The normalized spacial score (nSPS) is 13.3. The van der Waals surface area contributed by atoms with Gasteiger partial charge in [-0.15, -0.1) is 0 Å². The highest BCUT2D eigenvalue weighted by Gasteiger charge is 2.27. The number of amides is 2. The van der Waals surface area contributed by atoms with E-state index in [0.29, 0.717) is 24.6 Å². The number of fused-ring (bicyclic) bond motifs is 1. The second-order valence-corrected chi connectivity index (χ2v) is 7.19. The van der Waals surface area contributed by atoms with Crippen LogP contribution in [0.2, 0.25) is 0 Å². The van der Waals surface area contributed by atoms with Crippen LogP contribution in [0, 0.1) is 5.92 Å². The van der Waals surface area contributed by atoms with E-state index in [1.165, 1.54) is 0 Å². The first kappa shape index (κ1) is 19.7. The molecular weight excluding hydrogens is 356 g/mol. The number of hydrogen-bond donors (Lipinski definition) is 1. The molecule has 0 spiro atoms. The van der Waals surface area contributed by atoms with Gasteiger partial charge in [-0.1, -0.05) is 50.2 Å². The quantitative estimate of drug-likeness (QED) is 0.799. The number of hydrogen-bond acceptors (Lipinski definition) is 4. The summed E-state index contributed by atoms with van der Waals surface area (Å²) in [5.41, 5.74) is 1.90. The Morgan fingerprint density at radius 1 is 1.00 bits per heavy atom. The predicted octanol–water partition coefficient (Wildman–Crippen LogP) is 3.10. The largest absolute Gasteiger partial charge is 0.454 e. The van der Waals surface area contributed by atoms with Gasteiger partial charge in [0, 0.05) is 19.0 Å². The van der Waals surface area contributed by atoms with E-state index in [-0.39, 0.29) is 24.5 Å². The summed E-state index contributed by atoms with van der Waals surface area (Å²) in [6.07, 6.45) is 0. The zero-order chi connectivity index (χ0) is 20.1. The van der Waals surface area contributed by atoms with E-state index in [0.717, 1.165) is 11.1 Å². The molecule has 1 aliphatic rings. The molecule has 6 nitrogen and oxygen atoms in total. The molecule has 0 aromatic heterocycles. The van der Waals surface area contributed by atoms with E-state index in [1.807, 2.05) is 62.4 Å². The smallest absolute Gasteiger partial charge is 0.242 e. The molecule has 2 aromatic rings. The van der Waals surface area contributed by atoms with Crippen LogP contribution < -0.4 is 14.8 Å². The minimum Gasteiger partial charge on any atom is -0.454 e. The van der Waals surface area contributed by atoms with Gasteiger partial charge >= 0.3 is 0 Å². The first-order chi connectivity index (χ1) is 13.5. The summed E-state index contributed by atoms with van der Waals surface area (Å²) in [5, 5.41) is 2.92. The molecule has 1 aliphatic heterocycles. The van der Waals surface area contributed by atoms with E-state index in [4.69, 9.17) is 9.47 Å². The average Bonchev–Trinajstić information content (AvgIpc) is 3.17. The Morgan fingerprint density at radius 2 is 1.71 bits per heavy atom. The monoisotopic (exact) mass is 382 g/mol. The van der Waals surface area contributed by atoms with Crippen LogP contribution in [0.15, 0.2) is 48.5 Å². The van der Waals surface area contributed by atoms with Gasteiger partial charge in [0.15, 0.2) is 11.5 Å². The molecule has 1 heterocycles. The molecule has 3 rings (SSSR count). The highest BCUT2D eigenvalue weighted by molar-refractivity contribution is 5.88. The van der Waals surface area contributed by atoms with E-state index < -0.39 is 6.04 Å². The molecule has 1 atom stereocenters. The Morgan fingerprint density at radius 3 is 2.43 bits per heavy atom. The number of carbonyl (C=O) groups is 2. The van der Waals surface area contributed by atoms with Gasteiger partial charge in [-0.2, -0.15) is 0 Å². The second kappa shape index (κ2) is 8.78. The number of ether oxygens (including phenoxy) is 2. The average molecular weight is 382 g/mol. The third kappa shape index (κ3) is 4.63. The van der Waals surface area contributed by atoms with Crippen molar-refractivity contribution < 1.29 is 19.1 Å². The standard InChI is InChI=1S/C22H26N2O4/c1-15(2)22(26)24(13-17-7-5-4-6-8-17)16(3)21(25)23-12-18-9-10-19-20(11-18)28-14-27-19/h4-11,15-16H,12-14H2,1-3H3,(H,23,25)/t16-/m0/s1. The first-order valence-electron chi connectivity index (χ1n) is 9.46. The van der Waals surface area contributed by atoms with Gasteiger partial charge in [0.25, 0.3) is 0 Å². The van der Waals surface area contributed by atoms with Crippen molar-refractivity contribution in [2.45, 2.75) is 39.9 Å². The van der Waals surface area contributed by atoms with Gasteiger partial charge in [-0.05, 0) is 30.2 Å². The lowest BCUT2D eigenvalue weighted by atomic mass is 10.1. The molecule has 0 bridgehead atoms. The molecule has 1 N–H and O–H groups in total. The topological polar surface area (TPSA) is 67.9 Å². The highest BCUT2D eigenvalue weighted by Crippen LogP contribution is 2.32. The fraction of sp³-hybridized carbons (Fsp3) is 0.364. The van der Waals surface area contributed by atoms with Gasteiger partial charge in [0.1, 0.15) is 6.04 Å². The van der Waals surface area contributed by atoms with Gasteiger partial charge in [0.05, 0.1) is 0 Å². The minimum absolute atomic E-state index is 0.0467. The van der Waals surface area contributed by atoms with Crippen LogP contribution in [-0.2, 0) is 22.7 Å². The molecule has 0 fully saturated rings. The van der Waals surface area contributed by atoms with Crippen molar-refractivity contribution in [1.29, 1.82) is 0 Å². The number of carbonyl (C=O) groups excluding carboxylic acids is 2. The van der Waals surface area contributed by atoms with Crippen molar-refractivity contribution in [3.05, 3.63) is 59.7 Å². The molecule has 0 saturated carbocycles. The Bertz CT molecular complexity index is 836. The summed E-state index contributed by atoms with van der Waals surface area (Å²) in [7, 11) is 0. The van der Waals surface area contributed by atoms with Gasteiger partial charge in [0.2, 0.25) is 18.6 Å². The van der Waals surface area contributed by atoms with Crippen LogP contribution in [0.4, 0.5) is 0 Å². The van der Waals surface area contributed by atoms with Crippen molar-refractivity contribution in [3.63, 3.8) is 0 Å². The van der Waals surface area contributed by atoms with Crippen LogP contribution in [0.5, 0.6) is 11.5 Å². The molecule has 2 aromatic carbocycles. The number of benzene rings is 2. The van der Waals surface area contributed by atoms with E-state index in [2.05, 4.69) is 5.32 Å². The Kier molecular flexibility index (Phi) is 6.19. The Balaban J connectivity index is 1.66. The van der Waals surface area contributed by atoms with Gasteiger partial charge in [-0.25, -0.2) is 0 Å². The number of nitrogens with zero attached hydrogens (tertiary/aromatic N) is 1. The van der Waals surface area contributed by atoms with Crippen molar-refractivity contribution in [2.24, 2.45) is 5.92 Å². The summed E-state index contributed by atoms with van der Waals surface area (Å²) in [4.78, 5) is 27.1. The summed E-state index contributed by atoms with van der Waals surface area (Å²) in [6, 6.07) is 14.7. The van der Waals surface area contributed by atoms with E-state index in [1.54, 1.807) is 11.8 Å². The lowest BCUT2D eigenvalue weighted by molar-refractivity contribution is -0.143. The van der Waals surface area contributed by atoms with Crippen LogP contribution in [0.25, 0.3) is 0 Å². The molecule has 2 amide bonds. The number of nitrogens with one attached hydrogen (secondary N) is 1. The third-order valence-electron chi connectivity index (χ3n) is 4.72. The first-order valence-corrected chi connectivity index (χ1v) is 9.46. The second-order valence-electron chi connectivity index (χ2n) is 7.19. The highest BCUT2D eigenvalue weighted by atomic mass is 16.7. The lowest BCUT2D eigenvalue weighted by Gasteiger charge is -2.30. The van der Waals surface area contributed by atoms with E-state index >= 15 is 0 Å². The summed E-state index contributed by atoms with van der Waals surface area (Å²) < 4.78 is 10.7. The maximum atomic E-state index is 12.7. The molecule has 148 valence electrons. The number of rotatable bonds is 7. The molecule has 0 unspecified atom stereocenters. The van der Waals surface area contributed by atoms with Crippen LogP contribution in [0.3, 0.4) is 0 Å². The maximum Gasteiger partial charge on any atom is 0.242 e. The van der Waals surface area contributed by atoms with Crippen LogP contribution in [-0.4, -0.2) is 29.5 Å². The molecule has 0 radical (unpaired) electrons. The molecular formula is C22H26N2O4. The van der Waals surface area contributed by atoms with Gasteiger partial charge < -0.3 is 19.7 Å². The van der Waals surface area contributed by atoms with Crippen molar-refractivity contribution in [3.8, 4) is 11.5 Å². The molecule has 0 aliphatic carbocycles. The van der Waals surface area contributed by atoms with E-state index in [9.17, 15) is 9.59 Å². The third-order valence-corrected chi connectivity index (χ3v) is 4.72. The summed E-state index contributed by atoms with van der Waals surface area (Å²) in [6.45, 7) is 6.42. The molecule has 6 heteroatoms. The minimum atomic E-state index is -0.580. The Labute approximate surface area is 165 Å². The fourth-order valence-electron chi connectivity index (χ4n) is 3.05. The fourth-order valence-corrected chi connectivity index (χ4v) is 3.05. The van der Waals surface area contributed by atoms with Crippen LogP contribution >= 0.6 is 0 Å². The molecule has 0 saturated heterocycles. The zero-order valence-corrected chi connectivity index (χ0v) is 16.5. The maximum absolute atomic E-state index is 12.7. The lowest BCUT2D eigenvalue weighted by Crippen LogP contribution is -2.48. The van der Waals surface area contributed by atoms with Gasteiger partial charge in [-0.3, -0.25) is 9.59 Å². The van der Waals surface area contributed by atoms with Crippen molar-refractivity contribution in [2.75, 3.05) is 6.79 Å². The van der Waals surface area contributed by atoms with Crippen molar-refractivity contribution >= 4 is 11.8 Å².